The zero-order valence-corrected chi connectivity index (χ0v) is 16.0. The van der Waals surface area contributed by atoms with E-state index in [1.807, 2.05) is 0 Å². The number of ether oxygens (including phenoxy) is 2. The molecule has 1 amide bonds. The maximum Gasteiger partial charge on any atom is 0.329 e. The van der Waals surface area contributed by atoms with Gasteiger partial charge in [0.2, 0.25) is 0 Å². The number of rotatable bonds is 6. The Morgan fingerprint density at radius 2 is 2.11 bits per heavy atom. The highest BCUT2D eigenvalue weighted by atomic mass is 32.2. The molecule has 2 heterocycles. The number of nitrogens with zero attached hydrogens (tertiary/aromatic N) is 2. The van der Waals surface area contributed by atoms with Crippen molar-refractivity contribution in [2.75, 3.05) is 36.7 Å². The number of amidine groups is 1. The lowest BCUT2D eigenvalue weighted by Crippen LogP contribution is -2.37. The average molecular weight is 414 g/mol. The van der Waals surface area contributed by atoms with E-state index >= 15 is 0 Å². The number of thioether (sulfide) groups is 1. The Balaban J connectivity index is 1.87. The third-order valence-electron chi connectivity index (χ3n) is 4.07. The molecular formula is C16H18N2O7S2. The zero-order valence-electron chi connectivity index (χ0n) is 14.4. The van der Waals surface area contributed by atoms with Gasteiger partial charge in [0, 0.05) is 17.0 Å². The highest BCUT2D eigenvalue weighted by Crippen LogP contribution is 2.41. The molecule has 0 unspecified atom stereocenters. The minimum absolute atomic E-state index is 0.0194. The van der Waals surface area contributed by atoms with E-state index in [-0.39, 0.29) is 22.8 Å². The summed E-state index contributed by atoms with van der Waals surface area (Å²) in [6.45, 7) is -1.05. The lowest BCUT2D eigenvalue weighted by atomic mass is 10.2. The number of carboxylic acids is 1. The number of benzene rings is 1. The Hall–Kier alpha value is -2.11. The van der Waals surface area contributed by atoms with Gasteiger partial charge >= 0.3 is 5.97 Å². The Labute approximate surface area is 160 Å². The van der Waals surface area contributed by atoms with Crippen LogP contribution in [0.25, 0.3) is 0 Å². The number of anilines is 1. The number of hydrogen-bond donors (Lipinski definition) is 1. The summed E-state index contributed by atoms with van der Waals surface area (Å²) < 4.78 is 34.1. The molecule has 0 saturated carbocycles. The van der Waals surface area contributed by atoms with Crippen molar-refractivity contribution in [2.24, 2.45) is 4.99 Å². The topological polar surface area (TPSA) is 123 Å². The lowest BCUT2D eigenvalue weighted by molar-refractivity contribution is -0.143. The van der Waals surface area contributed by atoms with Crippen molar-refractivity contribution in [1.29, 1.82) is 0 Å². The van der Waals surface area contributed by atoms with Gasteiger partial charge in [-0.15, -0.1) is 0 Å². The number of hydrogen-bond acceptors (Lipinski definition) is 7. The number of aliphatic carboxylic acids is 1. The van der Waals surface area contributed by atoms with Crippen LogP contribution in [0, 0.1) is 0 Å². The molecule has 11 heteroatoms. The van der Waals surface area contributed by atoms with Crippen LogP contribution >= 0.6 is 11.8 Å². The van der Waals surface area contributed by atoms with E-state index in [0.717, 1.165) is 0 Å². The third-order valence-corrected chi connectivity index (χ3v) is 7.28. The predicted molar refractivity (Wildman–Crippen MR) is 100 cm³/mol. The van der Waals surface area contributed by atoms with Gasteiger partial charge in [-0.3, -0.25) is 4.79 Å². The third kappa shape index (κ3) is 4.60. The summed E-state index contributed by atoms with van der Waals surface area (Å²) in [5.74, 6) is -1.22. The fourth-order valence-corrected chi connectivity index (χ4v) is 6.92. The molecule has 2 saturated heterocycles. The summed E-state index contributed by atoms with van der Waals surface area (Å²) >= 11 is 1.23. The Morgan fingerprint density at radius 3 is 2.81 bits per heavy atom. The molecule has 1 aromatic carbocycles. The number of fused-ring (bicyclic) bond motifs is 1. The van der Waals surface area contributed by atoms with Crippen molar-refractivity contribution < 1.29 is 32.6 Å². The number of sulfone groups is 1. The molecule has 0 radical (unpaired) electrons. The van der Waals surface area contributed by atoms with Crippen LogP contribution in [0.3, 0.4) is 0 Å². The molecule has 1 aromatic rings. The molecule has 0 bridgehead atoms. The van der Waals surface area contributed by atoms with Crippen LogP contribution in [0.15, 0.2) is 29.3 Å². The number of carbonyl (C=O) groups is 2. The fourth-order valence-electron chi connectivity index (χ4n) is 2.99. The second-order valence-corrected chi connectivity index (χ2v) is 9.41. The molecule has 9 nitrogen and oxygen atoms in total. The Kier molecular flexibility index (Phi) is 5.72. The fraction of sp³-hybridized carbons (Fsp3) is 0.438. The largest absolute Gasteiger partial charge is 0.497 e. The van der Waals surface area contributed by atoms with E-state index in [9.17, 15) is 18.0 Å². The lowest BCUT2D eigenvalue weighted by Gasteiger charge is -2.24. The highest BCUT2D eigenvalue weighted by molar-refractivity contribution is 8.16. The number of carboxylic acid groups (broad SMARTS) is 1. The summed E-state index contributed by atoms with van der Waals surface area (Å²) in [4.78, 5) is 28.3. The number of amides is 1. The molecule has 0 spiro atoms. The quantitative estimate of drug-likeness (QED) is 0.704. The van der Waals surface area contributed by atoms with Crippen LogP contribution in [0.5, 0.6) is 5.75 Å². The van der Waals surface area contributed by atoms with Crippen LogP contribution in [0.4, 0.5) is 5.69 Å². The highest BCUT2D eigenvalue weighted by Gasteiger charge is 2.49. The van der Waals surface area contributed by atoms with E-state index < -0.39 is 34.9 Å². The van der Waals surface area contributed by atoms with Gasteiger partial charge in [-0.25, -0.2) is 13.2 Å². The van der Waals surface area contributed by atoms with Crippen molar-refractivity contribution in [1.82, 2.24) is 0 Å². The normalized spacial score (nSPS) is 24.8. The van der Waals surface area contributed by atoms with Crippen molar-refractivity contribution in [2.45, 2.75) is 11.3 Å². The summed E-state index contributed by atoms with van der Waals surface area (Å²) in [5, 5.41) is 8.70. The van der Waals surface area contributed by atoms with Crippen molar-refractivity contribution in [3.05, 3.63) is 24.3 Å². The first-order valence-corrected chi connectivity index (χ1v) is 10.7. The van der Waals surface area contributed by atoms with Crippen molar-refractivity contribution in [3.63, 3.8) is 0 Å². The van der Waals surface area contributed by atoms with Gasteiger partial charge in [0.15, 0.2) is 15.0 Å². The molecule has 3 rings (SSSR count). The predicted octanol–water partition coefficient (Wildman–Crippen LogP) is 0.398. The van der Waals surface area contributed by atoms with Crippen LogP contribution in [0.2, 0.25) is 0 Å². The first-order chi connectivity index (χ1) is 12.8. The molecule has 2 fully saturated rings. The van der Waals surface area contributed by atoms with Crippen molar-refractivity contribution in [3.8, 4) is 5.75 Å². The molecule has 2 aliphatic rings. The van der Waals surface area contributed by atoms with Gasteiger partial charge in [0.1, 0.15) is 19.0 Å². The van der Waals surface area contributed by atoms with E-state index in [4.69, 9.17) is 14.6 Å². The van der Waals surface area contributed by atoms with E-state index in [1.54, 1.807) is 29.2 Å². The summed E-state index contributed by atoms with van der Waals surface area (Å²) in [5.41, 5.74) is 0.671. The van der Waals surface area contributed by atoms with Crippen molar-refractivity contribution >= 4 is 44.3 Å². The maximum atomic E-state index is 12.0. The second kappa shape index (κ2) is 7.87. The monoisotopic (exact) mass is 414 g/mol. The molecule has 2 atom stereocenters. The van der Waals surface area contributed by atoms with Crippen LogP contribution in [-0.2, 0) is 24.2 Å². The SMILES string of the molecule is COc1cccc(N2C(=NC(=O)COCC(=O)O)S[C@H]3CS(=O)(=O)C[C@H]32)c1. The second-order valence-electron chi connectivity index (χ2n) is 6.05. The molecule has 1 N–H and O–H groups in total. The van der Waals surface area contributed by atoms with Gasteiger partial charge in [0.25, 0.3) is 5.91 Å². The molecule has 27 heavy (non-hydrogen) atoms. The summed E-state index contributed by atoms with van der Waals surface area (Å²) in [6.07, 6.45) is 0. The smallest absolute Gasteiger partial charge is 0.329 e. The van der Waals surface area contributed by atoms with Crippen LogP contribution in [0.1, 0.15) is 0 Å². The Morgan fingerprint density at radius 1 is 1.33 bits per heavy atom. The first kappa shape index (κ1) is 19.6. The average Bonchev–Trinajstić information content (AvgIpc) is 3.05. The van der Waals surface area contributed by atoms with E-state index in [0.29, 0.717) is 16.6 Å². The van der Waals surface area contributed by atoms with E-state index in [2.05, 4.69) is 4.99 Å². The summed E-state index contributed by atoms with van der Waals surface area (Å²) in [6, 6.07) is 6.73. The van der Waals surface area contributed by atoms with E-state index in [1.165, 1.54) is 18.9 Å². The van der Waals surface area contributed by atoms with Crippen LogP contribution in [-0.4, -0.2) is 73.7 Å². The minimum Gasteiger partial charge on any atom is -0.497 e. The van der Waals surface area contributed by atoms with Gasteiger partial charge < -0.3 is 19.5 Å². The molecule has 2 aliphatic heterocycles. The van der Waals surface area contributed by atoms with Crippen LogP contribution < -0.4 is 9.64 Å². The number of aliphatic imine (C=N–C) groups is 1. The van der Waals surface area contributed by atoms with Gasteiger partial charge in [-0.05, 0) is 12.1 Å². The number of methoxy groups -OCH3 is 1. The first-order valence-electron chi connectivity index (χ1n) is 8.00. The standard InChI is InChI=1S/C16H18N2O7S2/c1-24-11-4-2-3-10(5-11)18-12-8-27(22,23)9-13(12)26-16(18)17-14(19)6-25-7-15(20)21/h2-5,12-13H,6-9H2,1H3,(H,20,21)/t12-,13+/m1/s1. The van der Waals surface area contributed by atoms with Gasteiger partial charge in [-0.2, -0.15) is 4.99 Å². The molecule has 0 aliphatic carbocycles. The van der Waals surface area contributed by atoms with Gasteiger partial charge in [0.05, 0.1) is 24.7 Å². The number of carbonyl (C=O) groups excluding carboxylic acids is 1. The molecule has 146 valence electrons. The van der Waals surface area contributed by atoms with Gasteiger partial charge in [-0.1, -0.05) is 17.8 Å². The Bertz CT molecular complexity index is 885. The maximum absolute atomic E-state index is 12.0. The minimum atomic E-state index is -3.16. The zero-order chi connectivity index (χ0) is 19.6. The molecule has 0 aromatic heterocycles. The summed E-state index contributed by atoms with van der Waals surface area (Å²) in [7, 11) is -1.63. The molecular weight excluding hydrogens is 396 g/mol.